The molecule has 0 fully saturated rings. The van der Waals surface area contributed by atoms with Crippen molar-refractivity contribution < 1.29 is 9.90 Å². The minimum Gasteiger partial charge on any atom is -0.507 e. The highest BCUT2D eigenvalue weighted by molar-refractivity contribution is 5.84. The maximum absolute atomic E-state index is 11.6. The Hall–Kier alpha value is -2.63. The van der Waals surface area contributed by atoms with Gasteiger partial charge >= 0.3 is 0 Å². The van der Waals surface area contributed by atoms with Gasteiger partial charge in [-0.1, -0.05) is 12.1 Å². The van der Waals surface area contributed by atoms with E-state index < -0.39 is 0 Å². The molecule has 2 rings (SSSR count). The summed E-state index contributed by atoms with van der Waals surface area (Å²) in [7, 11) is 0. The minimum atomic E-state index is -0.279. The smallest absolute Gasteiger partial charge is 0.261 e. The number of aryl methyl sites for hydroxylation is 1. The first-order valence-electron chi connectivity index (χ1n) is 5.75. The van der Waals surface area contributed by atoms with Crippen LogP contribution in [0.2, 0.25) is 0 Å². The summed E-state index contributed by atoms with van der Waals surface area (Å²) in [5, 5.41) is 17.3. The van der Waals surface area contributed by atoms with E-state index in [-0.39, 0.29) is 18.2 Å². The number of carbonyl (C=O) groups is 1. The molecule has 6 nitrogen and oxygen atoms in total. The third-order valence-corrected chi connectivity index (χ3v) is 2.55. The van der Waals surface area contributed by atoms with Crippen LogP contribution in [0.5, 0.6) is 5.75 Å². The van der Waals surface area contributed by atoms with Crippen molar-refractivity contribution in [3.05, 3.63) is 47.8 Å². The maximum atomic E-state index is 11.6. The van der Waals surface area contributed by atoms with Crippen LogP contribution in [0, 0.1) is 6.92 Å². The van der Waals surface area contributed by atoms with Crippen LogP contribution in [0.15, 0.2) is 41.6 Å². The number of aromatic nitrogens is 2. The third-order valence-electron chi connectivity index (χ3n) is 2.55. The number of para-hydroxylation sites is 1. The summed E-state index contributed by atoms with van der Waals surface area (Å²) in [6, 6.07) is 8.55. The van der Waals surface area contributed by atoms with Crippen molar-refractivity contribution in [3.8, 4) is 5.75 Å². The molecular formula is C13H14N4O2. The molecule has 0 bridgehead atoms. The molecule has 2 aromatic rings. The number of hydrogen-bond acceptors (Lipinski definition) is 4. The lowest BCUT2D eigenvalue weighted by atomic mass is 10.2. The second-order valence-electron chi connectivity index (χ2n) is 3.98. The SMILES string of the molecule is Cc1ccnn1CC(=O)NN=Cc1ccccc1O. The number of phenols is 1. The fourth-order valence-corrected chi connectivity index (χ4v) is 1.51. The Bertz CT molecular complexity index is 604. The summed E-state index contributed by atoms with van der Waals surface area (Å²) in [5.41, 5.74) is 3.82. The number of rotatable bonds is 4. The van der Waals surface area contributed by atoms with Gasteiger partial charge in [0.2, 0.25) is 0 Å². The van der Waals surface area contributed by atoms with Crippen molar-refractivity contribution in [2.45, 2.75) is 13.5 Å². The van der Waals surface area contributed by atoms with Crippen LogP contribution in [0.3, 0.4) is 0 Å². The molecule has 0 unspecified atom stereocenters. The first kappa shape index (κ1) is 12.8. The Morgan fingerprint density at radius 3 is 2.95 bits per heavy atom. The molecule has 0 saturated heterocycles. The molecule has 2 N–H and O–H groups in total. The molecule has 0 atom stereocenters. The van der Waals surface area contributed by atoms with E-state index in [4.69, 9.17) is 0 Å². The van der Waals surface area contributed by atoms with E-state index in [1.165, 1.54) is 6.21 Å². The molecule has 0 aliphatic rings. The summed E-state index contributed by atoms with van der Waals surface area (Å²) in [5.74, 6) is -0.165. The first-order valence-corrected chi connectivity index (χ1v) is 5.75. The summed E-state index contributed by atoms with van der Waals surface area (Å²) in [4.78, 5) is 11.6. The normalized spacial score (nSPS) is 10.8. The van der Waals surface area contributed by atoms with Crippen molar-refractivity contribution in [1.29, 1.82) is 0 Å². The van der Waals surface area contributed by atoms with Gasteiger partial charge < -0.3 is 5.11 Å². The van der Waals surface area contributed by atoms with Crippen LogP contribution in [0.25, 0.3) is 0 Å². The number of benzene rings is 1. The quantitative estimate of drug-likeness (QED) is 0.635. The van der Waals surface area contributed by atoms with Gasteiger partial charge in [-0.3, -0.25) is 9.48 Å². The first-order chi connectivity index (χ1) is 9.16. The van der Waals surface area contributed by atoms with Gasteiger partial charge in [0.05, 0.1) is 6.21 Å². The Morgan fingerprint density at radius 1 is 1.47 bits per heavy atom. The Balaban J connectivity index is 1.91. The number of nitrogens with zero attached hydrogens (tertiary/aromatic N) is 3. The van der Waals surface area contributed by atoms with Crippen molar-refractivity contribution >= 4 is 12.1 Å². The lowest BCUT2D eigenvalue weighted by Crippen LogP contribution is -2.24. The van der Waals surface area contributed by atoms with E-state index in [0.29, 0.717) is 5.56 Å². The van der Waals surface area contributed by atoms with E-state index >= 15 is 0 Å². The number of phenolic OH excluding ortho intramolecular Hbond substituents is 1. The second-order valence-corrected chi connectivity index (χ2v) is 3.98. The third kappa shape index (κ3) is 3.41. The van der Waals surface area contributed by atoms with Crippen LogP contribution in [0.1, 0.15) is 11.3 Å². The molecular weight excluding hydrogens is 244 g/mol. The van der Waals surface area contributed by atoms with Gasteiger partial charge in [-0.15, -0.1) is 0 Å². The topological polar surface area (TPSA) is 79.5 Å². The average molecular weight is 258 g/mol. The molecule has 0 aliphatic heterocycles. The minimum absolute atomic E-state index is 0.108. The number of aromatic hydroxyl groups is 1. The fraction of sp³-hybridized carbons (Fsp3) is 0.154. The van der Waals surface area contributed by atoms with Gasteiger partial charge in [0, 0.05) is 17.5 Å². The molecule has 19 heavy (non-hydrogen) atoms. The van der Waals surface area contributed by atoms with Gasteiger partial charge in [0.15, 0.2) is 0 Å². The number of hydrogen-bond donors (Lipinski definition) is 2. The molecule has 98 valence electrons. The molecule has 1 aromatic heterocycles. The second kappa shape index (κ2) is 5.81. The fourth-order valence-electron chi connectivity index (χ4n) is 1.51. The van der Waals surface area contributed by atoms with Crippen LogP contribution in [0.4, 0.5) is 0 Å². The highest BCUT2D eigenvalue weighted by Gasteiger charge is 2.03. The molecule has 1 amide bonds. The summed E-state index contributed by atoms with van der Waals surface area (Å²) in [6.45, 7) is 1.97. The number of nitrogens with one attached hydrogen (secondary N) is 1. The van der Waals surface area contributed by atoms with Crippen molar-refractivity contribution in [2.24, 2.45) is 5.10 Å². The maximum Gasteiger partial charge on any atom is 0.261 e. The highest BCUT2D eigenvalue weighted by Crippen LogP contribution is 2.12. The monoisotopic (exact) mass is 258 g/mol. The van der Waals surface area contributed by atoms with Crippen molar-refractivity contribution in [3.63, 3.8) is 0 Å². The van der Waals surface area contributed by atoms with Crippen LogP contribution in [-0.2, 0) is 11.3 Å². The van der Waals surface area contributed by atoms with Crippen molar-refractivity contribution in [2.75, 3.05) is 0 Å². The Labute approximate surface area is 110 Å². The average Bonchev–Trinajstić information content (AvgIpc) is 2.77. The highest BCUT2D eigenvalue weighted by atomic mass is 16.3. The molecule has 6 heteroatoms. The van der Waals surface area contributed by atoms with Gasteiger partial charge in [0.1, 0.15) is 12.3 Å². The largest absolute Gasteiger partial charge is 0.507 e. The molecule has 1 heterocycles. The molecule has 0 spiro atoms. The van der Waals surface area contributed by atoms with E-state index in [1.54, 1.807) is 35.1 Å². The summed E-state index contributed by atoms with van der Waals surface area (Å²) < 4.78 is 1.57. The van der Waals surface area contributed by atoms with Crippen LogP contribution < -0.4 is 5.43 Å². The van der Waals surface area contributed by atoms with Crippen molar-refractivity contribution in [1.82, 2.24) is 15.2 Å². The standard InChI is InChI=1S/C13H14N4O2/c1-10-6-7-15-17(10)9-13(19)16-14-8-11-4-2-3-5-12(11)18/h2-8,18H,9H2,1H3,(H,16,19). The lowest BCUT2D eigenvalue weighted by Gasteiger charge is -2.02. The zero-order chi connectivity index (χ0) is 13.7. The lowest BCUT2D eigenvalue weighted by molar-refractivity contribution is -0.121. The molecule has 0 saturated carbocycles. The van der Waals surface area contributed by atoms with Gasteiger partial charge in [0.25, 0.3) is 5.91 Å². The van der Waals surface area contributed by atoms with Crippen LogP contribution in [-0.4, -0.2) is 27.0 Å². The van der Waals surface area contributed by atoms with E-state index in [0.717, 1.165) is 5.69 Å². The Morgan fingerprint density at radius 2 is 2.26 bits per heavy atom. The predicted octanol–water partition coefficient (Wildman–Crippen LogP) is 1.05. The summed E-state index contributed by atoms with van der Waals surface area (Å²) >= 11 is 0. The molecule has 1 aromatic carbocycles. The van der Waals surface area contributed by atoms with Gasteiger partial charge in [-0.2, -0.15) is 10.2 Å². The van der Waals surface area contributed by atoms with Gasteiger partial charge in [-0.25, -0.2) is 5.43 Å². The van der Waals surface area contributed by atoms with Gasteiger partial charge in [-0.05, 0) is 25.1 Å². The summed E-state index contributed by atoms with van der Waals surface area (Å²) in [6.07, 6.45) is 3.02. The van der Waals surface area contributed by atoms with Crippen LogP contribution >= 0.6 is 0 Å². The number of amides is 1. The number of carbonyl (C=O) groups excluding carboxylic acids is 1. The molecule has 0 aliphatic carbocycles. The molecule has 0 radical (unpaired) electrons. The predicted molar refractivity (Wildman–Crippen MR) is 70.8 cm³/mol. The zero-order valence-corrected chi connectivity index (χ0v) is 10.4. The number of hydrazone groups is 1. The van der Waals surface area contributed by atoms with E-state index in [1.807, 2.05) is 13.0 Å². The van der Waals surface area contributed by atoms with E-state index in [9.17, 15) is 9.90 Å². The zero-order valence-electron chi connectivity index (χ0n) is 10.4. The Kier molecular flexibility index (Phi) is 3.92. The van der Waals surface area contributed by atoms with E-state index in [2.05, 4.69) is 15.6 Å².